The highest BCUT2D eigenvalue weighted by atomic mass is 32.2. The molecule has 2 aromatic rings. The van der Waals surface area contributed by atoms with Crippen molar-refractivity contribution in [3.63, 3.8) is 0 Å². The Hall–Kier alpha value is -2.30. The quantitative estimate of drug-likeness (QED) is 0.666. The number of piperidine rings is 1. The molecule has 174 valence electrons. The van der Waals surface area contributed by atoms with Crippen LogP contribution in [0.4, 0.5) is 13.2 Å². The van der Waals surface area contributed by atoms with Crippen molar-refractivity contribution in [1.82, 2.24) is 9.21 Å². The molecule has 0 aromatic heterocycles. The minimum absolute atomic E-state index is 0.0799. The number of fused-ring (bicyclic) bond motifs is 1. The highest BCUT2D eigenvalue weighted by Gasteiger charge is 2.33. The Morgan fingerprint density at radius 3 is 2.41 bits per heavy atom. The van der Waals surface area contributed by atoms with Crippen molar-refractivity contribution < 1.29 is 31.1 Å². The average Bonchev–Trinajstić information content (AvgIpc) is 2.78. The molecule has 32 heavy (non-hydrogen) atoms. The van der Waals surface area contributed by atoms with Crippen molar-refractivity contribution in [1.29, 1.82) is 0 Å². The van der Waals surface area contributed by atoms with Crippen LogP contribution in [0.1, 0.15) is 24.0 Å². The highest BCUT2D eigenvalue weighted by Crippen LogP contribution is 2.34. The molecule has 0 bridgehead atoms. The van der Waals surface area contributed by atoms with E-state index in [4.69, 9.17) is 9.47 Å². The third kappa shape index (κ3) is 4.87. The summed E-state index contributed by atoms with van der Waals surface area (Å²) in [6.45, 7) is 1.85. The number of sulfonamides is 1. The fraction of sp³-hybridized carbons (Fsp3) is 0.455. The van der Waals surface area contributed by atoms with Gasteiger partial charge in [-0.3, -0.25) is 4.90 Å². The number of hydrogen-bond acceptors (Lipinski definition) is 5. The van der Waals surface area contributed by atoms with Gasteiger partial charge in [-0.05, 0) is 43.7 Å². The summed E-state index contributed by atoms with van der Waals surface area (Å²) in [5.41, 5.74) is -0.0857. The van der Waals surface area contributed by atoms with E-state index in [-0.39, 0.29) is 10.9 Å². The second-order valence-corrected chi connectivity index (χ2v) is 9.99. The molecule has 0 spiro atoms. The summed E-state index contributed by atoms with van der Waals surface area (Å²) in [7, 11) is -1.81. The van der Waals surface area contributed by atoms with Crippen molar-refractivity contribution in [2.75, 3.05) is 33.4 Å². The van der Waals surface area contributed by atoms with E-state index in [2.05, 4.69) is 0 Å². The van der Waals surface area contributed by atoms with Crippen LogP contribution >= 0.6 is 0 Å². The van der Waals surface area contributed by atoms with Crippen LogP contribution in [0.5, 0.6) is 11.5 Å². The summed E-state index contributed by atoms with van der Waals surface area (Å²) in [6.07, 6.45) is -3.18. The minimum Gasteiger partial charge on any atom is -0.486 e. The van der Waals surface area contributed by atoms with Crippen LogP contribution in [0.2, 0.25) is 0 Å². The first-order chi connectivity index (χ1) is 15.1. The third-order valence-corrected chi connectivity index (χ3v) is 7.78. The number of alkyl halides is 3. The molecule has 1 fully saturated rings. The zero-order chi connectivity index (χ0) is 22.9. The van der Waals surface area contributed by atoms with Crippen LogP contribution in [-0.4, -0.2) is 57.0 Å². The van der Waals surface area contributed by atoms with E-state index in [0.29, 0.717) is 62.8 Å². The Kier molecular flexibility index (Phi) is 6.37. The number of hydrogen-bond donors (Lipinski definition) is 0. The fourth-order valence-corrected chi connectivity index (χ4v) is 5.61. The summed E-state index contributed by atoms with van der Waals surface area (Å²) in [5.74, 6) is 0.957. The van der Waals surface area contributed by atoms with Gasteiger partial charge in [-0.15, -0.1) is 0 Å². The van der Waals surface area contributed by atoms with Crippen LogP contribution in [0.15, 0.2) is 47.4 Å². The zero-order valence-electron chi connectivity index (χ0n) is 17.6. The average molecular weight is 471 g/mol. The Morgan fingerprint density at radius 1 is 1.03 bits per heavy atom. The molecule has 6 nitrogen and oxygen atoms in total. The Bertz CT molecular complexity index is 1070. The molecule has 2 aliphatic heterocycles. The molecule has 1 saturated heterocycles. The summed E-state index contributed by atoms with van der Waals surface area (Å²) in [4.78, 5) is 2.15. The van der Waals surface area contributed by atoms with Gasteiger partial charge in [0.25, 0.3) is 0 Å². The highest BCUT2D eigenvalue weighted by molar-refractivity contribution is 7.89. The SMILES string of the molecule is CN(Cc1cccc(C(F)(F)F)c1)C1CCN(S(=O)(=O)c2ccc3c(c2)OCCO3)CC1. The molecular weight excluding hydrogens is 445 g/mol. The zero-order valence-corrected chi connectivity index (χ0v) is 18.5. The molecule has 0 atom stereocenters. The topological polar surface area (TPSA) is 59.1 Å². The second kappa shape index (κ2) is 8.92. The van der Waals surface area contributed by atoms with Gasteiger partial charge in [-0.2, -0.15) is 17.5 Å². The van der Waals surface area contributed by atoms with Crippen LogP contribution in [0.3, 0.4) is 0 Å². The molecule has 0 radical (unpaired) electrons. The van der Waals surface area contributed by atoms with Crippen molar-refractivity contribution in [2.24, 2.45) is 0 Å². The maximum atomic E-state index is 13.1. The van der Waals surface area contributed by atoms with Gasteiger partial charge in [0, 0.05) is 31.7 Å². The smallest absolute Gasteiger partial charge is 0.416 e. The van der Waals surface area contributed by atoms with Gasteiger partial charge in [-0.25, -0.2) is 8.42 Å². The summed E-state index contributed by atoms with van der Waals surface area (Å²) >= 11 is 0. The lowest BCUT2D eigenvalue weighted by molar-refractivity contribution is -0.137. The van der Waals surface area contributed by atoms with Crippen molar-refractivity contribution >= 4 is 10.0 Å². The van der Waals surface area contributed by atoms with Crippen LogP contribution < -0.4 is 9.47 Å². The van der Waals surface area contributed by atoms with E-state index in [1.807, 2.05) is 11.9 Å². The Labute approximate surface area is 185 Å². The third-order valence-electron chi connectivity index (χ3n) is 5.88. The van der Waals surface area contributed by atoms with E-state index >= 15 is 0 Å². The lowest BCUT2D eigenvalue weighted by atomic mass is 10.0. The maximum absolute atomic E-state index is 13.1. The van der Waals surface area contributed by atoms with Crippen molar-refractivity contribution in [3.8, 4) is 11.5 Å². The molecule has 0 aliphatic carbocycles. The van der Waals surface area contributed by atoms with Crippen LogP contribution in [-0.2, 0) is 22.7 Å². The number of nitrogens with zero attached hydrogens (tertiary/aromatic N) is 2. The standard InChI is InChI=1S/C22H25F3N2O4S/c1-26(15-16-3-2-4-17(13-16)22(23,24)25)18-7-9-27(10-8-18)32(28,29)19-5-6-20-21(14-19)31-12-11-30-20/h2-6,13-14,18H,7-12,15H2,1H3. The van der Waals surface area contributed by atoms with E-state index in [1.165, 1.54) is 22.5 Å². The lowest BCUT2D eigenvalue weighted by Crippen LogP contribution is -2.45. The van der Waals surface area contributed by atoms with Gasteiger partial charge in [0.05, 0.1) is 10.5 Å². The van der Waals surface area contributed by atoms with Crippen LogP contribution in [0.25, 0.3) is 0 Å². The Balaban J connectivity index is 1.38. The molecule has 2 aliphatic rings. The Morgan fingerprint density at radius 2 is 1.72 bits per heavy atom. The van der Waals surface area contributed by atoms with E-state index in [9.17, 15) is 21.6 Å². The van der Waals surface area contributed by atoms with Crippen molar-refractivity contribution in [2.45, 2.75) is 36.5 Å². The normalized spacial score (nSPS) is 18.2. The summed E-state index contributed by atoms with van der Waals surface area (Å²) in [5, 5.41) is 0. The molecule has 0 unspecified atom stereocenters. The number of benzene rings is 2. The fourth-order valence-electron chi connectivity index (χ4n) is 4.12. The number of rotatable bonds is 5. The van der Waals surface area contributed by atoms with Gasteiger partial charge < -0.3 is 9.47 Å². The first-order valence-electron chi connectivity index (χ1n) is 10.4. The number of ether oxygens (including phenoxy) is 2. The maximum Gasteiger partial charge on any atom is 0.416 e. The van der Waals surface area contributed by atoms with Crippen molar-refractivity contribution in [3.05, 3.63) is 53.6 Å². The molecular formula is C22H25F3N2O4S. The van der Waals surface area contributed by atoms with E-state index < -0.39 is 21.8 Å². The molecule has 2 aromatic carbocycles. The second-order valence-electron chi connectivity index (χ2n) is 8.05. The summed E-state index contributed by atoms with van der Waals surface area (Å²) < 4.78 is 77.4. The first-order valence-corrected chi connectivity index (χ1v) is 11.8. The minimum atomic E-state index is -4.37. The molecule has 0 amide bonds. The summed E-state index contributed by atoms with van der Waals surface area (Å²) in [6, 6.07) is 10.0. The van der Waals surface area contributed by atoms with E-state index in [1.54, 1.807) is 12.1 Å². The number of halogens is 3. The molecule has 4 rings (SSSR count). The molecule has 10 heteroatoms. The molecule has 0 N–H and O–H groups in total. The molecule has 0 saturated carbocycles. The van der Waals surface area contributed by atoms with Crippen LogP contribution in [0, 0.1) is 0 Å². The van der Waals surface area contributed by atoms with Gasteiger partial charge in [0.1, 0.15) is 13.2 Å². The predicted octanol–water partition coefficient (Wildman–Crippen LogP) is 3.76. The van der Waals surface area contributed by atoms with Gasteiger partial charge in [0.2, 0.25) is 10.0 Å². The predicted molar refractivity (Wildman–Crippen MR) is 112 cm³/mol. The van der Waals surface area contributed by atoms with Gasteiger partial charge >= 0.3 is 6.18 Å². The largest absolute Gasteiger partial charge is 0.486 e. The van der Waals surface area contributed by atoms with Gasteiger partial charge in [-0.1, -0.05) is 18.2 Å². The lowest BCUT2D eigenvalue weighted by Gasteiger charge is -2.36. The van der Waals surface area contributed by atoms with Gasteiger partial charge in [0.15, 0.2) is 11.5 Å². The molecule has 2 heterocycles. The first kappa shape index (κ1) is 22.9. The monoisotopic (exact) mass is 470 g/mol. The van der Waals surface area contributed by atoms with E-state index in [0.717, 1.165) is 12.1 Å².